The zero-order chi connectivity index (χ0) is 15.4. The summed E-state index contributed by atoms with van der Waals surface area (Å²) in [5.74, 6) is 2.80. The number of hydrogen-bond donors (Lipinski definition) is 2. The third-order valence-corrected chi connectivity index (χ3v) is 5.80. The first-order valence-electron chi connectivity index (χ1n) is 8.64. The van der Waals surface area contributed by atoms with Crippen LogP contribution in [-0.2, 0) is 6.42 Å². The van der Waals surface area contributed by atoms with Crippen molar-refractivity contribution in [1.82, 2.24) is 15.6 Å². The Bertz CT molecular complexity index is 510. The predicted molar refractivity (Wildman–Crippen MR) is 109 cm³/mol. The second kappa shape index (κ2) is 9.20. The van der Waals surface area contributed by atoms with E-state index in [1.165, 1.54) is 44.2 Å². The summed E-state index contributed by atoms with van der Waals surface area (Å²) in [6.07, 6.45) is 9.50. The number of aryl methyl sites for hydroxylation is 1. The lowest BCUT2D eigenvalue weighted by Crippen LogP contribution is -2.40. The fraction of sp³-hybridized carbons (Fsp3) is 0.765. The molecular weight excluding hydrogens is 419 g/mol. The van der Waals surface area contributed by atoms with Gasteiger partial charge < -0.3 is 10.6 Å². The molecule has 2 atom stereocenters. The number of aliphatic imine (C=N–C) groups is 1. The summed E-state index contributed by atoms with van der Waals surface area (Å²) in [5.41, 5.74) is 1.18. The zero-order valence-corrected chi connectivity index (χ0v) is 17.3. The number of nitrogens with zero attached hydrogens (tertiary/aromatic N) is 2. The summed E-state index contributed by atoms with van der Waals surface area (Å²) in [6, 6.07) is 0.649. The van der Waals surface area contributed by atoms with E-state index >= 15 is 0 Å². The molecule has 2 saturated carbocycles. The molecule has 0 bridgehead atoms. The molecule has 0 radical (unpaired) electrons. The first kappa shape index (κ1) is 19.0. The van der Waals surface area contributed by atoms with Crippen molar-refractivity contribution in [2.75, 3.05) is 13.6 Å². The Morgan fingerprint density at radius 2 is 2.13 bits per heavy atom. The molecule has 2 N–H and O–H groups in total. The van der Waals surface area contributed by atoms with Gasteiger partial charge in [-0.2, -0.15) is 0 Å². The van der Waals surface area contributed by atoms with Crippen LogP contribution in [0.2, 0.25) is 0 Å². The molecule has 1 aromatic rings. The van der Waals surface area contributed by atoms with Crippen molar-refractivity contribution in [2.24, 2.45) is 16.8 Å². The predicted octanol–water partition coefficient (Wildman–Crippen LogP) is 3.75. The van der Waals surface area contributed by atoms with Gasteiger partial charge in [0, 0.05) is 31.4 Å². The molecule has 1 heterocycles. The van der Waals surface area contributed by atoms with E-state index in [2.05, 4.69) is 32.9 Å². The maximum atomic E-state index is 4.50. The molecule has 0 spiro atoms. The Hall–Kier alpha value is -0.370. The minimum atomic E-state index is 0. The SMILES string of the molecule is CN=C(NCCc1csc(C)n1)NC1CC1C1CCCCC1.I. The van der Waals surface area contributed by atoms with Crippen molar-refractivity contribution in [2.45, 2.75) is 57.9 Å². The number of nitrogens with one attached hydrogen (secondary N) is 2. The normalized spacial score (nSPS) is 24.9. The van der Waals surface area contributed by atoms with Crippen LogP contribution in [0.1, 0.15) is 49.2 Å². The third kappa shape index (κ3) is 5.59. The van der Waals surface area contributed by atoms with E-state index in [4.69, 9.17) is 0 Å². The number of hydrogen-bond acceptors (Lipinski definition) is 3. The van der Waals surface area contributed by atoms with Gasteiger partial charge in [-0.15, -0.1) is 35.3 Å². The van der Waals surface area contributed by atoms with Gasteiger partial charge in [0.15, 0.2) is 5.96 Å². The second-order valence-corrected chi connectivity index (χ2v) is 7.72. The standard InChI is InChI=1S/C17H28N4S.HI/c1-12-20-14(11-22-12)8-9-19-17(18-2)21-16-10-15(16)13-6-4-3-5-7-13;/h11,13,15-16H,3-10H2,1-2H3,(H2,18,19,21);1H. The van der Waals surface area contributed by atoms with Gasteiger partial charge in [-0.25, -0.2) is 4.98 Å². The Morgan fingerprint density at radius 1 is 1.35 bits per heavy atom. The summed E-state index contributed by atoms with van der Waals surface area (Å²) in [5, 5.41) is 10.3. The molecule has 1 aromatic heterocycles. The van der Waals surface area contributed by atoms with Gasteiger partial charge in [0.1, 0.15) is 0 Å². The van der Waals surface area contributed by atoms with E-state index in [-0.39, 0.29) is 24.0 Å². The molecule has 6 heteroatoms. The molecule has 3 rings (SSSR count). The molecular formula is C17H29IN4S. The summed E-state index contributed by atoms with van der Waals surface area (Å²) in [4.78, 5) is 8.86. The van der Waals surface area contributed by atoms with Crippen molar-refractivity contribution in [3.8, 4) is 0 Å². The lowest BCUT2D eigenvalue weighted by Gasteiger charge is -2.22. The zero-order valence-electron chi connectivity index (χ0n) is 14.2. The van der Waals surface area contributed by atoms with Crippen LogP contribution in [0.4, 0.5) is 0 Å². The van der Waals surface area contributed by atoms with Crippen LogP contribution in [0, 0.1) is 18.8 Å². The molecule has 0 aromatic carbocycles. The molecule has 2 aliphatic rings. The maximum absolute atomic E-state index is 4.50. The molecule has 23 heavy (non-hydrogen) atoms. The minimum Gasteiger partial charge on any atom is -0.356 e. The van der Waals surface area contributed by atoms with Gasteiger partial charge >= 0.3 is 0 Å². The first-order chi connectivity index (χ1) is 10.8. The quantitative estimate of drug-likeness (QED) is 0.410. The van der Waals surface area contributed by atoms with E-state index in [1.54, 1.807) is 11.3 Å². The van der Waals surface area contributed by atoms with Gasteiger partial charge in [0.05, 0.1) is 10.7 Å². The van der Waals surface area contributed by atoms with Crippen molar-refractivity contribution < 1.29 is 0 Å². The highest BCUT2D eigenvalue weighted by Gasteiger charge is 2.43. The van der Waals surface area contributed by atoms with Crippen LogP contribution in [-0.4, -0.2) is 30.6 Å². The Kier molecular flexibility index (Phi) is 7.59. The fourth-order valence-corrected chi connectivity index (χ4v) is 4.31. The topological polar surface area (TPSA) is 49.3 Å². The first-order valence-corrected chi connectivity index (χ1v) is 9.52. The minimum absolute atomic E-state index is 0. The molecule has 0 saturated heterocycles. The highest BCUT2D eigenvalue weighted by molar-refractivity contribution is 14.0. The summed E-state index contributed by atoms with van der Waals surface area (Å²) in [6.45, 7) is 2.95. The third-order valence-electron chi connectivity index (χ3n) is 4.98. The van der Waals surface area contributed by atoms with Crippen molar-refractivity contribution in [1.29, 1.82) is 0 Å². The van der Waals surface area contributed by atoms with E-state index in [1.807, 2.05) is 7.05 Å². The smallest absolute Gasteiger partial charge is 0.191 e. The van der Waals surface area contributed by atoms with Crippen LogP contribution in [0.5, 0.6) is 0 Å². The van der Waals surface area contributed by atoms with Crippen LogP contribution in [0.3, 0.4) is 0 Å². The molecule has 0 aliphatic heterocycles. The average molecular weight is 448 g/mol. The van der Waals surface area contributed by atoms with E-state index < -0.39 is 0 Å². The van der Waals surface area contributed by atoms with Crippen LogP contribution < -0.4 is 10.6 Å². The molecule has 2 fully saturated rings. The number of rotatable bonds is 5. The van der Waals surface area contributed by atoms with E-state index in [0.717, 1.165) is 35.8 Å². The monoisotopic (exact) mass is 448 g/mol. The highest BCUT2D eigenvalue weighted by Crippen LogP contribution is 2.44. The number of thiazole rings is 1. The maximum Gasteiger partial charge on any atom is 0.191 e. The number of guanidine groups is 1. The van der Waals surface area contributed by atoms with Gasteiger partial charge in [-0.1, -0.05) is 32.1 Å². The Labute approximate surface area is 161 Å². The molecule has 2 aliphatic carbocycles. The van der Waals surface area contributed by atoms with Crippen LogP contribution in [0.25, 0.3) is 0 Å². The van der Waals surface area contributed by atoms with Gasteiger partial charge in [0.2, 0.25) is 0 Å². The largest absolute Gasteiger partial charge is 0.356 e. The summed E-state index contributed by atoms with van der Waals surface area (Å²) >= 11 is 1.72. The van der Waals surface area contributed by atoms with Crippen LogP contribution in [0.15, 0.2) is 10.4 Å². The highest BCUT2D eigenvalue weighted by atomic mass is 127. The van der Waals surface area contributed by atoms with Crippen molar-refractivity contribution >= 4 is 41.3 Å². The van der Waals surface area contributed by atoms with Crippen molar-refractivity contribution in [3.05, 3.63) is 16.1 Å². The lowest BCUT2D eigenvalue weighted by molar-refractivity contribution is 0.315. The van der Waals surface area contributed by atoms with Crippen LogP contribution >= 0.6 is 35.3 Å². The Morgan fingerprint density at radius 3 is 2.78 bits per heavy atom. The van der Waals surface area contributed by atoms with Gasteiger partial charge in [-0.3, -0.25) is 4.99 Å². The molecule has 0 amide bonds. The lowest BCUT2D eigenvalue weighted by atomic mass is 9.85. The molecule has 2 unspecified atom stereocenters. The molecule has 130 valence electrons. The number of halogens is 1. The van der Waals surface area contributed by atoms with Crippen molar-refractivity contribution in [3.63, 3.8) is 0 Å². The fourth-order valence-electron chi connectivity index (χ4n) is 3.67. The molecule has 4 nitrogen and oxygen atoms in total. The average Bonchev–Trinajstić information content (AvgIpc) is 3.20. The van der Waals surface area contributed by atoms with E-state index in [0.29, 0.717) is 6.04 Å². The number of aromatic nitrogens is 1. The van der Waals surface area contributed by atoms with E-state index in [9.17, 15) is 0 Å². The van der Waals surface area contributed by atoms with Gasteiger partial charge in [0.25, 0.3) is 0 Å². The Balaban J connectivity index is 0.00000192. The van der Waals surface area contributed by atoms with Gasteiger partial charge in [-0.05, 0) is 25.2 Å². The second-order valence-electron chi connectivity index (χ2n) is 6.66. The summed E-state index contributed by atoms with van der Waals surface area (Å²) < 4.78 is 0. The summed E-state index contributed by atoms with van der Waals surface area (Å²) in [7, 11) is 1.86.